The van der Waals surface area contributed by atoms with E-state index in [2.05, 4.69) is 38.9 Å². The molecule has 150 valence electrons. The van der Waals surface area contributed by atoms with E-state index in [4.69, 9.17) is 0 Å². The topological polar surface area (TPSA) is 69.2 Å². The van der Waals surface area contributed by atoms with Gasteiger partial charge in [-0.25, -0.2) is 14.2 Å². The number of carboxylic acid groups (broad SMARTS) is 1. The highest BCUT2D eigenvalue weighted by Crippen LogP contribution is 2.39. The molecule has 2 aromatic heterocycles. The number of aromatic nitrogens is 2. The van der Waals surface area contributed by atoms with Crippen molar-refractivity contribution in [2.45, 2.75) is 19.3 Å². The summed E-state index contributed by atoms with van der Waals surface area (Å²) in [6, 6.07) is 12.5. The molecule has 2 N–H and O–H groups in total. The number of rotatable bonds is 3. The van der Waals surface area contributed by atoms with Crippen LogP contribution >= 0.6 is 15.9 Å². The van der Waals surface area contributed by atoms with Gasteiger partial charge in [0.05, 0.1) is 5.69 Å². The summed E-state index contributed by atoms with van der Waals surface area (Å²) in [6.07, 6.45) is 1.64. The molecule has 29 heavy (non-hydrogen) atoms. The highest BCUT2D eigenvalue weighted by Gasteiger charge is 2.31. The Hall–Kier alpha value is -2.67. The zero-order chi connectivity index (χ0) is 20.5. The van der Waals surface area contributed by atoms with Gasteiger partial charge in [-0.3, -0.25) is 0 Å². The lowest BCUT2D eigenvalue weighted by atomic mass is 9.84. The van der Waals surface area contributed by atoms with E-state index in [1.54, 1.807) is 18.3 Å². The molecule has 0 radical (unpaired) electrons. The van der Waals surface area contributed by atoms with Crippen LogP contribution in [-0.2, 0) is 0 Å². The quantitative estimate of drug-likeness (QED) is 0.492. The fourth-order valence-electron chi connectivity index (χ4n) is 4.10. The number of likely N-dealkylation sites (tertiary alicyclic amines) is 1. The minimum absolute atomic E-state index is 0.191. The van der Waals surface area contributed by atoms with E-state index >= 15 is 0 Å². The molecule has 0 spiro atoms. The molecule has 4 rings (SSSR count). The number of nitrogens with one attached hydrogen (secondary N) is 1. The van der Waals surface area contributed by atoms with Crippen LogP contribution in [0.3, 0.4) is 0 Å². The van der Waals surface area contributed by atoms with Crippen molar-refractivity contribution in [2.75, 3.05) is 13.1 Å². The van der Waals surface area contributed by atoms with Gasteiger partial charge in [0.15, 0.2) is 0 Å². The van der Waals surface area contributed by atoms with Gasteiger partial charge in [-0.1, -0.05) is 6.92 Å². The molecule has 1 aliphatic rings. The molecule has 1 saturated heterocycles. The molecule has 7 heteroatoms. The zero-order valence-corrected chi connectivity index (χ0v) is 17.5. The fraction of sp³-hybridized carbons (Fsp3) is 0.273. The molecule has 2 atom stereocenters. The van der Waals surface area contributed by atoms with Crippen LogP contribution < -0.4 is 0 Å². The number of halogens is 2. The van der Waals surface area contributed by atoms with Gasteiger partial charge in [0.2, 0.25) is 0 Å². The van der Waals surface area contributed by atoms with Crippen molar-refractivity contribution in [3.05, 3.63) is 64.8 Å². The van der Waals surface area contributed by atoms with Gasteiger partial charge in [0.1, 0.15) is 10.4 Å². The average molecular weight is 458 g/mol. The summed E-state index contributed by atoms with van der Waals surface area (Å²) in [5, 5.41) is 9.28. The molecular formula is C22H21BrFN3O2. The summed E-state index contributed by atoms with van der Waals surface area (Å²) >= 11 is 3.43. The maximum absolute atomic E-state index is 13.5. The van der Waals surface area contributed by atoms with E-state index in [1.165, 1.54) is 17.0 Å². The molecular weight excluding hydrogens is 437 g/mol. The number of piperidine rings is 1. The van der Waals surface area contributed by atoms with Gasteiger partial charge in [0.25, 0.3) is 0 Å². The number of carbonyl (C=O) groups is 1. The Bertz CT molecular complexity index is 1030. The second-order valence-corrected chi connectivity index (χ2v) is 8.30. The van der Waals surface area contributed by atoms with Crippen molar-refractivity contribution in [3.8, 4) is 22.4 Å². The Morgan fingerprint density at radius 1 is 1.24 bits per heavy atom. The van der Waals surface area contributed by atoms with Crippen molar-refractivity contribution >= 4 is 22.0 Å². The Morgan fingerprint density at radius 3 is 2.66 bits per heavy atom. The molecule has 0 unspecified atom stereocenters. The van der Waals surface area contributed by atoms with E-state index in [-0.39, 0.29) is 17.7 Å². The predicted octanol–water partition coefficient (Wildman–Crippen LogP) is 5.75. The molecule has 1 fully saturated rings. The van der Waals surface area contributed by atoms with Crippen LogP contribution in [-0.4, -0.2) is 39.2 Å². The Balaban J connectivity index is 1.76. The van der Waals surface area contributed by atoms with Crippen LogP contribution in [0.15, 0.2) is 53.3 Å². The van der Waals surface area contributed by atoms with Crippen LogP contribution in [0.1, 0.15) is 25.0 Å². The van der Waals surface area contributed by atoms with Gasteiger partial charge >= 0.3 is 6.09 Å². The van der Waals surface area contributed by atoms with Gasteiger partial charge in [0, 0.05) is 36.5 Å². The number of nitrogens with zero attached hydrogens (tertiary/aromatic N) is 2. The van der Waals surface area contributed by atoms with Crippen molar-refractivity contribution in [3.63, 3.8) is 0 Å². The summed E-state index contributed by atoms with van der Waals surface area (Å²) in [4.78, 5) is 20.6. The molecule has 1 aliphatic heterocycles. The highest BCUT2D eigenvalue weighted by atomic mass is 79.9. The van der Waals surface area contributed by atoms with Gasteiger partial charge in [-0.15, -0.1) is 0 Å². The van der Waals surface area contributed by atoms with E-state index in [1.807, 2.05) is 12.1 Å². The molecule has 0 bridgehead atoms. The summed E-state index contributed by atoms with van der Waals surface area (Å²) < 4.78 is 14.2. The van der Waals surface area contributed by atoms with E-state index in [9.17, 15) is 14.3 Å². The van der Waals surface area contributed by atoms with Crippen LogP contribution in [0.2, 0.25) is 0 Å². The largest absolute Gasteiger partial charge is 0.465 e. The molecule has 0 aliphatic carbocycles. The first-order chi connectivity index (χ1) is 13.9. The van der Waals surface area contributed by atoms with Crippen molar-refractivity contribution in [1.29, 1.82) is 0 Å². The number of pyridine rings is 1. The molecule has 3 aromatic rings. The Kier molecular flexibility index (Phi) is 5.41. The third-order valence-electron chi connectivity index (χ3n) is 5.58. The second kappa shape index (κ2) is 7.99. The Morgan fingerprint density at radius 2 is 2.00 bits per heavy atom. The first kappa shape index (κ1) is 19.6. The van der Waals surface area contributed by atoms with Crippen LogP contribution in [0.4, 0.5) is 9.18 Å². The number of H-pyrrole nitrogens is 1. The lowest BCUT2D eigenvalue weighted by Crippen LogP contribution is -2.41. The highest BCUT2D eigenvalue weighted by molar-refractivity contribution is 9.10. The van der Waals surface area contributed by atoms with Crippen LogP contribution in [0.25, 0.3) is 22.4 Å². The third-order valence-corrected chi connectivity index (χ3v) is 6.02. The van der Waals surface area contributed by atoms with Crippen molar-refractivity contribution in [2.24, 2.45) is 5.92 Å². The molecule has 3 heterocycles. The summed E-state index contributed by atoms with van der Waals surface area (Å²) in [6.45, 7) is 3.12. The summed E-state index contributed by atoms with van der Waals surface area (Å²) in [5.74, 6) is 0.142. The lowest BCUT2D eigenvalue weighted by molar-refractivity contribution is 0.115. The molecule has 0 saturated carbocycles. The summed E-state index contributed by atoms with van der Waals surface area (Å²) in [7, 11) is 0. The maximum atomic E-state index is 13.5. The standard InChI is InChI=1S/C22H21BrFN3O2/c1-13-12-27(22(28)29)9-7-17(13)19-11-18(15-6-8-25-20(23)10-15)21(26-19)14-2-4-16(24)5-3-14/h2-6,8,10-11,13,17,26H,7,9,12H2,1H3,(H,28,29)/t13-,17+/m0/s1. The SMILES string of the molecule is C[C@H]1CN(C(=O)O)CC[C@H]1c1cc(-c2ccnc(Br)c2)c(-c2ccc(F)cc2)[nH]1. The smallest absolute Gasteiger partial charge is 0.407 e. The maximum Gasteiger partial charge on any atom is 0.407 e. The number of hydrogen-bond acceptors (Lipinski definition) is 2. The summed E-state index contributed by atoms with van der Waals surface area (Å²) in [5.41, 5.74) is 4.92. The lowest BCUT2D eigenvalue weighted by Gasteiger charge is -2.35. The minimum Gasteiger partial charge on any atom is -0.465 e. The van der Waals surface area contributed by atoms with Gasteiger partial charge < -0.3 is 15.0 Å². The second-order valence-electron chi connectivity index (χ2n) is 7.49. The first-order valence-electron chi connectivity index (χ1n) is 9.51. The number of aromatic amines is 1. The Labute approximate surface area is 176 Å². The first-order valence-corrected chi connectivity index (χ1v) is 10.3. The fourth-order valence-corrected chi connectivity index (χ4v) is 4.46. The van der Waals surface area contributed by atoms with Gasteiger partial charge in [-0.05, 0) is 81.9 Å². The van der Waals surface area contributed by atoms with Crippen molar-refractivity contribution in [1.82, 2.24) is 14.9 Å². The molecule has 1 amide bonds. The number of benzene rings is 1. The van der Waals surface area contributed by atoms with E-state index < -0.39 is 6.09 Å². The third kappa shape index (κ3) is 4.05. The van der Waals surface area contributed by atoms with Gasteiger partial charge in [-0.2, -0.15) is 0 Å². The van der Waals surface area contributed by atoms with E-state index in [0.717, 1.165) is 39.1 Å². The number of amides is 1. The van der Waals surface area contributed by atoms with Crippen LogP contribution in [0.5, 0.6) is 0 Å². The zero-order valence-electron chi connectivity index (χ0n) is 15.9. The minimum atomic E-state index is -0.865. The van der Waals surface area contributed by atoms with E-state index in [0.29, 0.717) is 13.1 Å². The molecule has 1 aromatic carbocycles. The normalized spacial score (nSPS) is 19.3. The molecule has 5 nitrogen and oxygen atoms in total. The monoisotopic (exact) mass is 457 g/mol. The predicted molar refractivity (Wildman–Crippen MR) is 113 cm³/mol. The number of hydrogen-bond donors (Lipinski definition) is 2. The average Bonchev–Trinajstić information content (AvgIpc) is 3.13. The van der Waals surface area contributed by atoms with Crippen molar-refractivity contribution < 1.29 is 14.3 Å². The van der Waals surface area contributed by atoms with Crippen LogP contribution in [0, 0.1) is 11.7 Å².